The van der Waals surface area contributed by atoms with Crippen LogP contribution in [0.15, 0.2) is 35.3 Å². The van der Waals surface area contributed by atoms with E-state index in [0.717, 1.165) is 37.4 Å². The Labute approximate surface area is 121 Å². The minimum atomic E-state index is 0.119. The number of thiophene rings is 1. The zero-order chi connectivity index (χ0) is 13.9. The Bertz CT molecular complexity index is 591. The van der Waals surface area contributed by atoms with E-state index >= 15 is 0 Å². The lowest BCUT2D eigenvalue weighted by Gasteiger charge is -2.36. The first-order valence-electron chi connectivity index (χ1n) is 6.51. The average molecular weight is 288 g/mol. The molecule has 1 amide bonds. The number of nitrogen functional groups attached to an aromatic ring is 1. The fourth-order valence-electron chi connectivity index (χ4n) is 2.41. The van der Waals surface area contributed by atoms with E-state index in [1.807, 2.05) is 27.8 Å². The smallest absolute Gasteiger partial charge is 0.254 e. The molecule has 0 spiro atoms. The van der Waals surface area contributed by atoms with Gasteiger partial charge in [-0.05, 0) is 17.5 Å². The van der Waals surface area contributed by atoms with Crippen molar-refractivity contribution in [2.75, 3.05) is 36.8 Å². The first kappa shape index (κ1) is 12.9. The normalized spacial score (nSPS) is 15.4. The predicted octanol–water partition coefficient (Wildman–Crippen LogP) is 1.69. The number of hydrogen-bond acceptors (Lipinski definition) is 5. The van der Waals surface area contributed by atoms with Crippen LogP contribution in [0.1, 0.15) is 10.4 Å². The zero-order valence-electron chi connectivity index (χ0n) is 11.0. The molecule has 3 rings (SSSR count). The maximum absolute atomic E-state index is 12.3. The molecule has 1 saturated heterocycles. The zero-order valence-corrected chi connectivity index (χ0v) is 11.8. The molecular weight excluding hydrogens is 272 g/mol. The lowest BCUT2D eigenvalue weighted by Crippen LogP contribution is -2.48. The summed E-state index contributed by atoms with van der Waals surface area (Å²) in [6.07, 6.45) is 3.41. The van der Waals surface area contributed by atoms with Gasteiger partial charge in [-0.2, -0.15) is 11.3 Å². The number of amides is 1. The molecule has 0 atom stereocenters. The predicted molar refractivity (Wildman–Crippen MR) is 81.1 cm³/mol. The number of nitrogens with zero attached hydrogens (tertiary/aromatic N) is 3. The molecule has 1 aliphatic rings. The summed E-state index contributed by atoms with van der Waals surface area (Å²) in [6, 6.07) is 3.80. The molecular formula is C14H16N4OS. The van der Waals surface area contributed by atoms with Crippen LogP contribution < -0.4 is 10.6 Å². The summed E-state index contributed by atoms with van der Waals surface area (Å²) in [5.41, 5.74) is 8.41. The van der Waals surface area contributed by atoms with E-state index < -0.39 is 0 Å². The van der Waals surface area contributed by atoms with Crippen LogP contribution in [0.2, 0.25) is 0 Å². The quantitative estimate of drug-likeness (QED) is 0.913. The van der Waals surface area contributed by atoms with E-state index in [-0.39, 0.29) is 5.91 Å². The van der Waals surface area contributed by atoms with Crippen molar-refractivity contribution in [1.29, 1.82) is 0 Å². The fourth-order valence-corrected chi connectivity index (χ4v) is 3.04. The number of piperazine rings is 1. The van der Waals surface area contributed by atoms with Crippen molar-refractivity contribution in [3.8, 4) is 0 Å². The van der Waals surface area contributed by atoms with Crippen molar-refractivity contribution < 1.29 is 4.79 Å². The monoisotopic (exact) mass is 288 g/mol. The fraction of sp³-hybridized carbons (Fsp3) is 0.286. The van der Waals surface area contributed by atoms with E-state index in [9.17, 15) is 4.79 Å². The highest BCUT2D eigenvalue weighted by Crippen LogP contribution is 2.23. The summed E-state index contributed by atoms with van der Waals surface area (Å²) in [4.78, 5) is 20.4. The first-order chi connectivity index (χ1) is 9.75. The molecule has 0 radical (unpaired) electrons. The van der Waals surface area contributed by atoms with Gasteiger partial charge in [0.25, 0.3) is 5.91 Å². The summed E-state index contributed by atoms with van der Waals surface area (Å²) < 4.78 is 0. The van der Waals surface area contributed by atoms with Crippen LogP contribution in [-0.4, -0.2) is 42.0 Å². The SMILES string of the molecule is Nc1cnccc1N1CCN(C(=O)c2ccsc2)CC1. The van der Waals surface area contributed by atoms with Gasteiger partial charge in [-0.3, -0.25) is 9.78 Å². The standard InChI is InChI=1S/C14H16N4OS/c15-12-9-16-3-1-13(12)17-4-6-18(7-5-17)14(19)11-2-8-20-10-11/h1-3,8-10H,4-7,15H2. The van der Waals surface area contributed by atoms with Gasteiger partial charge in [0.05, 0.1) is 23.1 Å². The van der Waals surface area contributed by atoms with E-state index in [0.29, 0.717) is 5.69 Å². The molecule has 6 heteroatoms. The van der Waals surface area contributed by atoms with Gasteiger partial charge >= 0.3 is 0 Å². The van der Waals surface area contributed by atoms with Gasteiger partial charge in [0.2, 0.25) is 0 Å². The highest BCUT2D eigenvalue weighted by Gasteiger charge is 2.23. The second kappa shape index (κ2) is 5.50. The Morgan fingerprint density at radius 3 is 2.70 bits per heavy atom. The van der Waals surface area contributed by atoms with E-state index in [4.69, 9.17) is 5.73 Å². The van der Waals surface area contributed by atoms with Gasteiger partial charge in [-0.25, -0.2) is 0 Å². The third-order valence-electron chi connectivity index (χ3n) is 3.50. The minimum Gasteiger partial charge on any atom is -0.396 e. The Morgan fingerprint density at radius 2 is 2.05 bits per heavy atom. The van der Waals surface area contributed by atoms with Crippen molar-refractivity contribution in [2.45, 2.75) is 0 Å². The van der Waals surface area contributed by atoms with Crippen LogP contribution in [0.5, 0.6) is 0 Å². The van der Waals surface area contributed by atoms with Crippen LogP contribution in [0.25, 0.3) is 0 Å². The van der Waals surface area contributed by atoms with Gasteiger partial charge in [0.1, 0.15) is 0 Å². The molecule has 1 fully saturated rings. The topological polar surface area (TPSA) is 62.5 Å². The summed E-state index contributed by atoms with van der Waals surface area (Å²) in [6.45, 7) is 3.03. The van der Waals surface area contributed by atoms with E-state index in [1.165, 1.54) is 0 Å². The minimum absolute atomic E-state index is 0.119. The van der Waals surface area contributed by atoms with Crippen molar-refractivity contribution in [3.63, 3.8) is 0 Å². The van der Waals surface area contributed by atoms with E-state index in [2.05, 4.69) is 9.88 Å². The Hall–Kier alpha value is -2.08. The van der Waals surface area contributed by atoms with Gasteiger partial charge in [-0.1, -0.05) is 0 Å². The largest absolute Gasteiger partial charge is 0.396 e. The van der Waals surface area contributed by atoms with Gasteiger partial charge < -0.3 is 15.5 Å². The molecule has 104 valence electrons. The Balaban J connectivity index is 1.65. The summed E-state index contributed by atoms with van der Waals surface area (Å²) in [7, 11) is 0. The number of hydrogen-bond donors (Lipinski definition) is 1. The summed E-state index contributed by atoms with van der Waals surface area (Å²) in [5.74, 6) is 0.119. The van der Waals surface area contributed by atoms with Crippen LogP contribution in [0.4, 0.5) is 11.4 Å². The second-order valence-corrected chi connectivity index (χ2v) is 5.51. The number of anilines is 2. The second-order valence-electron chi connectivity index (χ2n) is 4.73. The third kappa shape index (κ3) is 2.46. The summed E-state index contributed by atoms with van der Waals surface area (Å²) >= 11 is 1.55. The highest BCUT2D eigenvalue weighted by molar-refractivity contribution is 7.08. The van der Waals surface area contributed by atoms with Gasteiger partial charge in [0.15, 0.2) is 0 Å². The molecule has 2 aromatic rings. The number of rotatable bonds is 2. The molecule has 0 aliphatic carbocycles. The average Bonchev–Trinajstić information content (AvgIpc) is 3.01. The molecule has 20 heavy (non-hydrogen) atoms. The van der Waals surface area contributed by atoms with Crippen LogP contribution in [0, 0.1) is 0 Å². The lowest BCUT2D eigenvalue weighted by molar-refractivity contribution is 0.0747. The van der Waals surface area contributed by atoms with E-state index in [1.54, 1.807) is 23.7 Å². The number of carbonyl (C=O) groups excluding carboxylic acids is 1. The third-order valence-corrected chi connectivity index (χ3v) is 4.19. The van der Waals surface area contributed by atoms with Crippen LogP contribution in [-0.2, 0) is 0 Å². The van der Waals surface area contributed by atoms with Crippen molar-refractivity contribution in [1.82, 2.24) is 9.88 Å². The molecule has 0 saturated carbocycles. The maximum Gasteiger partial charge on any atom is 0.254 e. The lowest BCUT2D eigenvalue weighted by atomic mass is 10.2. The Morgan fingerprint density at radius 1 is 1.25 bits per heavy atom. The van der Waals surface area contributed by atoms with Crippen molar-refractivity contribution in [3.05, 3.63) is 40.8 Å². The molecule has 0 aromatic carbocycles. The first-order valence-corrected chi connectivity index (χ1v) is 7.46. The maximum atomic E-state index is 12.3. The molecule has 0 bridgehead atoms. The molecule has 5 nitrogen and oxygen atoms in total. The number of nitrogens with two attached hydrogens (primary N) is 1. The summed E-state index contributed by atoms with van der Waals surface area (Å²) in [5, 5.41) is 3.83. The molecule has 2 aromatic heterocycles. The van der Waals surface area contributed by atoms with Gasteiger partial charge in [0, 0.05) is 37.8 Å². The molecule has 3 heterocycles. The van der Waals surface area contributed by atoms with Crippen LogP contribution in [0.3, 0.4) is 0 Å². The number of carbonyl (C=O) groups is 1. The highest BCUT2D eigenvalue weighted by atomic mass is 32.1. The van der Waals surface area contributed by atoms with Crippen molar-refractivity contribution >= 4 is 28.6 Å². The molecule has 1 aliphatic heterocycles. The van der Waals surface area contributed by atoms with Crippen LogP contribution >= 0.6 is 11.3 Å². The molecule has 0 unspecified atom stereocenters. The number of pyridine rings is 1. The Kier molecular flexibility index (Phi) is 3.56. The van der Waals surface area contributed by atoms with Gasteiger partial charge in [-0.15, -0.1) is 0 Å². The number of aromatic nitrogens is 1. The molecule has 2 N–H and O–H groups in total. The van der Waals surface area contributed by atoms with Crippen molar-refractivity contribution in [2.24, 2.45) is 0 Å².